The summed E-state index contributed by atoms with van der Waals surface area (Å²) in [4.78, 5) is 0. The van der Waals surface area contributed by atoms with Crippen LogP contribution in [0.5, 0.6) is 11.5 Å². The fourth-order valence-corrected chi connectivity index (χ4v) is 3.00. The topological polar surface area (TPSA) is 18.5 Å². The summed E-state index contributed by atoms with van der Waals surface area (Å²) in [6.45, 7) is 9.20. The SMILES string of the molecule is C=Cc1cc(OC)ccc1-c1ccccc1OCC(CC)CCCC. The Labute approximate surface area is 152 Å². The summed E-state index contributed by atoms with van der Waals surface area (Å²) >= 11 is 0. The van der Waals surface area contributed by atoms with Crippen LogP contribution in [0.3, 0.4) is 0 Å². The van der Waals surface area contributed by atoms with Gasteiger partial charge in [-0.25, -0.2) is 0 Å². The first kappa shape index (κ1) is 19.1. The second-order valence-corrected chi connectivity index (χ2v) is 6.38. The fraction of sp³-hybridized carbons (Fsp3) is 0.391. The third-order valence-corrected chi connectivity index (χ3v) is 4.67. The van der Waals surface area contributed by atoms with Gasteiger partial charge in [0.1, 0.15) is 11.5 Å². The van der Waals surface area contributed by atoms with Crippen LogP contribution in [0.4, 0.5) is 0 Å². The maximum absolute atomic E-state index is 6.23. The molecule has 0 radical (unpaired) electrons. The highest BCUT2D eigenvalue weighted by Crippen LogP contribution is 2.35. The van der Waals surface area contributed by atoms with Gasteiger partial charge in [0, 0.05) is 5.56 Å². The summed E-state index contributed by atoms with van der Waals surface area (Å²) in [5.41, 5.74) is 3.27. The number of ether oxygens (including phenoxy) is 2. The number of hydrogen-bond donors (Lipinski definition) is 0. The van der Waals surface area contributed by atoms with Gasteiger partial charge >= 0.3 is 0 Å². The molecule has 0 fully saturated rings. The molecule has 0 saturated heterocycles. The Morgan fingerprint density at radius 2 is 1.88 bits per heavy atom. The molecule has 2 aromatic rings. The van der Waals surface area contributed by atoms with E-state index in [9.17, 15) is 0 Å². The molecule has 2 aromatic carbocycles. The van der Waals surface area contributed by atoms with Crippen molar-refractivity contribution in [3.63, 3.8) is 0 Å². The lowest BCUT2D eigenvalue weighted by molar-refractivity contribution is 0.234. The Morgan fingerprint density at radius 3 is 2.56 bits per heavy atom. The first-order valence-electron chi connectivity index (χ1n) is 9.26. The third kappa shape index (κ3) is 5.12. The summed E-state index contributed by atoms with van der Waals surface area (Å²) in [6.07, 6.45) is 6.76. The molecule has 134 valence electrons. The Kier molecular flexibility index (Phi) is 7.59. The molecule has 2 heteroatoms. The van der Waals surface area contributed by atoms with Gasteiger partial charge in [0.25, 0.3) is 0 Å². The van der Waals surface area contributed by atoms with Gasteiger partial charge in [-0.1, -0.05) is 64.0 Å². The van der Waals surface area contributed by atoms with Crippen molar-refractivity contribution in [1.82, 2.24) is 0 Å². The molecular formula is C23H30O2. The smallest absolute Gasteiger partial charge is 0.127 e. The molecule has 0 bridgehead atoms. The molecule has 0 aliphatic carbocycles. The van der Waals surface area contributed by atoms with Crippen LogP contribution in [0.25, 0.3) is 17.2 Å². The van der Waals surface area contributed by atoms with E-state index in [-0.39, 0.29) is 0 Å². The van der Waals surface area contributed by atoms with Crippen molar-refractivity contribution in [2.24, 2.45) is 5.92 Å². The van der Waals surface area contributed by atoms with Crippen LogP contribution < -0.4 is 9.47 Å². The number of unbranched alkanes of at least 4 members (excludes halogenated alkanes) is 1. The lowest BCUT2D eigenvalue weighted by Gasteiger charge is -2.18. The van der Waals surface area contributed by atoms with E-state index in [0.717, 1.165) is 41.2 Å². The Bertz CT molecular complexity index is 676. The zero-order valence-electron chi connectivity index (χ0n) is 15.8. The highest BCUT2D eigenvalue weighted by Gasteiger charge is 2.12. The molecule has 0 heterocycles. The molecule has 1 unspecified atom stereocenters. The van der Waals surface area contributed by atoms with Gasteiger partial charge in [0.2, 0.25) is 0 Å². The highest BCUT2D eigenvalue weighted by atomic mass is 16.5. The van der Waals surface area contributed by atoms with Crippen molar-refractivity contribution >= 4 is 6.08 Å². The van der Waals surface area contributed by atoms with E-state index in [1.54, 1.807) is 7.11 Å². The predicted molar refractivity (Wildman–Crippen MR) is 107 cm³/mol. The Hall–Kier alpha value is -2.22. The van der Waals surface area contributed by atoms with Gasteiger partial charge in [0.15, 0.2) is 0 Å². The van der Waals surface area contributed by atoms with E-state index in [2.05, 4.69) is 38.6 Å². The van der Waals surface area contributed by atoms with Gasteiger partial charge in [-0.05, 0) is 47.7 Å². The van der Waals surface area contributed by atoms with Crippen LogP contribution in [0.15, 0.2) is 49.0 Å². The second-order valence-electron chi connectivity index (χ2n) is 6.38. The maximum Gasteiger partial charge on any atom is 0.127 e. The number of rotatable bonds is 10. The van der Waals surface area contributed by atoms with E-state index in [0.29, 0.717) is 5.92 Å². The van der Waals surface area contributed by atoms with E-state index in [1.165, 1.54) is 19.3 Å². The molecule has 0 spiro atoms. The Balaban J connectivity index is 2.25. The van der Waals surface area contributed by atoms with Crippen LogP contribution in [-0.4, -0.2) is 13.7 Å². The highest BCUT2D eigenvalue weighted by molar-refractivity contribution is 5.79. The first-order valence-corrected chi connectivity index (χ1v) is 9.26. The molecule has 0 aromatic heterocycles. The van der Waals surface area contributed by atoms with Crippen LogP contribution in [0, 0.1) is 5.92 Å². The lowest BCUT2D eigenvalue weighted by Crippen LogP contribution is -2.11. The zero-order chi connectivity index (χ0) is 18.1. The zero-order valence-corrected chi connectivity index (χ0v) is 15.8. The largest absolute Gasteiger partial charge is 0.497 e. The molecule has 0 aliphatic heterocycles. The first-order chi connectivity index (χ1) is 12.2. The fourth-order valence-electron chi connectivity index (χ4n) is 3.00. The predicted octanol–water partition coefficient (Wildman–Crippen LogP) is 6.60. The Morgan fingerprint density at radius 1 is 1.08 bits per heavy atom. The maximum atomic E-state index is 6.23. The minimum Gasteiger partial charge on any atom is -0.497 e. The lowest BCUT2D eigenvalue weighted by atomic mass is 9.98. The molecular weight excluding hydrogens is 308 g/mol. The van der Waals surface area contributed by atoms with Crippen molar-refractivity contribution in [1.29, 1.82) is 0 Å². The molecule has 1 atom stereocenters. The van der Waals surface area contributed by atoms with Crippen molar-refractivity contribution in [3.05, 3.63) is 54.6 Å². The number of methoxy groups -OCH3 is 1. The van der Waals surface area contributed by atoms with Crippen LogP contribution in [0.1, 0.15) is 45.1 Å². The summed E-state index contributed by atoms with van der Waals surface area (Å²) in [5.74, 6) is 2.39. The molecule has 0 saturated carbocycles. The van der Waals surface area contributed by atoms with Gasteiger partial charge in [-0.15, -0.1) is 0 Å². The van der Waals surface area contributed by atoms with Crippen LogP contribution in [0.2, 0.25) is 0 Å². The van der Waals surface area contributed by atoms with Gasteiger partial charge in [-0.2, -0.15) is 0 Å². The molecule has 0 amide bonds. The monoisotopic (exact) mass is 338 g/mol. The van der Waals surface area contributed by atoms with Crippen molar-refractivity contribution in [2.75, 3.05) is 13.7 Å². The number of benzene rings is 2. The minimum absolute atomic E-state index is 0.614. The molecule has 0 N–H and O–H groups in total. The second kappa shape index (κ2) is 9.93. The van der Waals surface area contributed by atoms with E-state index >= 15 is 0 Å². The average Bonchev–Trinajstić information content (AvgIpc) is 2.68. The summed E-state index contributed by atoms with van der Waals surface area (Å²) in [7, 11) is 1.68. The van der Waals surface area contributed by atoms with E-state index < -0.39 is 0 Å². The molecule has 25 heavy (non-hydrogen) atoms. The van der Waals surface area contributed by atoms with Gasteiger partial charge in [-0.3, -0.25) is 0 Å². The van der Waals surface area contributed by atoms with Crippen LogP contribution >= 0.6 is 0 Å². The molecule has 0 aliphatic rings. The number of para-hydroxylation sites is 1. The van der Waals surface area contributed by atoms with Crippen molar-refractivity contribution in [3.8, 4) is 22.6 Å². The van der Waals surface area contributed by atoms with Gasteiger partial charge in [0.05, 0.1) is 13.7 Å². The normalized spacial score (nSPS) is 11.8. The quantitative estimate of drug-likeness (QED) is 0.486. The van der Waals surface area contributed by atoms with E-state index in [4.69, 9.17) is 9.47 Å². The minimum atomic E-state index is 0.614. The standard InChI is InChI=1S/C23H30O2/c1-5-8-11-18(6-2)17-25-23-13-10-9-12-22(23)21-15-14-20(24-4)16-19(21)7-3/h7,9-10,12-16,18H,3,5-6,8,11,17H2,1-2,4H3. The number of hydrogen-bond acceptors (Lipinski definition) is 2. The van der Waals surface area contributed by atoms with Crippen molar-refractivity contribution < 1.29 is 9.47 Å². The van der Waals surface area contributed by atoms with Crippen LogP contribution in [-0.2, 0) is 0 Å². The van der Waals surface area contributed by atoms with Gasteiger partial charge < -0.3 is 9.47 Å². The van der Waals surface area contributed by atoms with E-state index in [1.807, 2.05) is 30.3 Å². The van der Waals surface area contributed by atoms with Crippen molar-refractivity contribution in [2.45, 2.75) is 39.5 Å². The molecule has 2 rings (SSSR count). The summed E-state index contributed by atoms with van der Waals surface area (Å²) < 4.78 is 11.6. The average molecular weight is 338 g/mol. The third-order valence-electron chi connectivity index (χ3n) is 4.67. The summed E-state index contributed by atoms with van der Waals surface area (Å²) in [5, 5.41) is 0. The molecule has 2 nitrogen and oxygen atoms in total. The summed E-state index contributed by atoms with van der Waals surface area (Å²) in [6, 6.07) is 14.3.